The number of thioether (sulfide) groups is 1. The lowest BCUT2D eigenvalue weighted by Crippen LogP contribution is -2.33. The van der Waals surface area contributed by atoms with Crippen molar-refractivity contribution in [2.45, 2.75) is 25.7 Å². The molecular formula is C10H20O2S. The van der Waals surface area contributed by atoms with Crippen LogP contribution in [-0.2, 0) is 4.74 Å². The summed E-state index contributed by atoms with van der Waals surface area (Å²) in [6, 6.07) is 0. The molecule has 3 heteroatoms. The van der Waals surface area contributed by atoms with E-state index >= 15 is 0 Å². The van der Waals surface area contributed by atoms with Crippen molar-refractivity contribution in [3.8, 4) is 0 Å². The Morgan fingerprint density at radius 1 is 1.38 bits per heavy atom. The quantitative estimate of drug-likeness (QED) is 0.694. The van der Waals surface area contributed by atoms with Crippen molar-refractivity contribution in [1.82, 2.24) is 0 Å². The average molecular weight is 204 g/mol. The third kappa shape index (κ3) is 3.49. The van der Waals surface area contributed by atoms with Crippen LogP contribution in [-0.4, -0.2) is 36.9 Å². The van der Waals surface area contributed by atoms with Crippen LogP contribution in [0, 0.1) is 5.41 Å². The molecule has 0 spiro atoms. The third-order valence-corrected chi connectivity index (χ3v) is 3.64. The summed E-state index contributed by atoms with van der Waals surface area (Å²) in [5, 5.41) is 9.38. The van der Waals surface area contributed by atoms with Crippen LogP contribution >= 0.6 is 11.8 Å². The van der Waals surface area contributed by atoms with Crippen LogP contribution < -0.4 is 0 Å². The van der Waals surface area contributed by atoms with Crippen molar-refractivity contribution in [2.24, 2.45) is 5.41 Å². The Bertz CT molecular complexity index is 133. The molecule has 1 aliphatic rings. The van der Waals surface area contributed by atoms with Crippen molar-refractivity contribution >= 4 is 11.8 Å². The lowest BCUT2D eigenvalue weighted by atomic mass is 9.77. The van der Waals surface area contributed by atoms with Gasteiger partial charge in [-0.25, -0.2) is 0 Å². The summed E-state index contributed by atoms with van der Waals surface area (Å²) in [6.45, 7) is 2.00. The highest BCUT2D eigenvalue weighted by Crippen LogP contribution is 2.34. The largest absolute Gasteiger partial charge is 0.396 e. The Morgan fingerprint density at radius 3 is 2.62 bits per heavy atom. The average Bonchev–Trinajstić information content (AvgIpc) is 2.20. The molecule has 0 aromatic carbocycles. The Morgan fingerprint density at radius 2 is 2.08 bits per heavy atom. The van der Waals surface area contributed by atoms with Gasteiger partial charge in [0.25, 0.3) is 0 Å². The minimum absolute atomic E-state index is 0.188. The normalized spacial score (nSPS) is 21.7. The van der Waals surface area contributed by atoms with E-state index in [1.807, 2.05) is 11.8 Å². The smallest absolute Gasteiger partial charge is 0.0489 e. The van der Waals surface area contributed by atoms with Crippen molar-refractivity contribution in [3.05, 3.63) is 0 Å². The van der Waals surface area contributed by atoms with E-state index in [0.717, 1.165) is 32.5 Å². The summed E-state index contributed by atoms with van der Waals surface area (Å²) in [5.41, 5.74) is 0.188. The van der Waals surface area contributed by atoms with Gasteiger partial charge in [0.2, 0.25) is 0 Å². The fourth-order valence-corrected chi connectivity index (χ4v) is 2.32. The number of rotatable bonds is 5. The molecule has 0 bridgehead atoms. The minimum Gasteiger partial charge on any atom is -0.396 e. The molecule has 2 nitrogen and oxygen atoms in total. The first-order valence-electron chi connectivity index (χ1n) is 5.00. The van der Waals surface area contributed by atoms with Crippen LogP contribution in [0.2, 0.25) is 0 Å². The molecule has 0 radical (unpaired) electrons. The lowest BCUT2D eigenvalue weighted by molar-refractivity contribution is -0.0207. The minimum atomic E-state index is 0.188. The Labute approximate surface area is 85.0 Å². The van der Waals surface area contributed by atoms with E-state index in [-0.39, 0.29) is 5.41 Å². The van der Waals surface area contributed by atoms with Crippen LogP contribution in [0.25, 0.3) is 0 Å². The van der Waals surface area contributed by atoms with Crippen LogP contribution in [0.5, 0.6) is 0 Å². The number of hydrogen-bond donors (Lipinski definition) is 1. The molecule has 0 atom stereocenters. The molecule has 0 aliphatic carbocycles. The molecule has 1 heterocycles. The van der Waals surface area contributed by atoms with E-state index in [9.17, 15) is 5.11 Å². The summed E-state index contributed by atoms with van der Waals surface area (Å²) in [4.78, 5) is 0. The van der Waals surface area contributed by atoms with E-state index in [1.54, 1.807) is 0 Å². The molecule has 1 saturated heterocycles. The SMILES string of the molecule is CSCCCC1(CO)CCOCC1. The van der Waals surface area contributed by atoms with Crippen LogP contribution in [0.1, 0.15) is 25.7 Å². The topological polar surface area (TPSA) is 29.5 Å². The van der Waals surface area contributed by atoms with Gasteiger partial charge in [0.1, 0.15) is 0 Å². The van der Waals surface area contributed by atoms with Crippen molar-refractivity contribution in [3.63, 3.8) is 0 Å². The van der Waals surface area contributed by atoms with Gasteiger partial charge in [0, 0.05) is 19.8 Å². The predicted octanol–water partition coefficient (Wildman–Crippen LogP) is 1.92. The van der Waals surface area contributed by atoms with Crippen LogP contribution in [0.15, 0.2) is 0 Å². The maximum atomic E-state index is 9.38. The monoisotopic (exact) mass is 204 g/mol. The molecule has 78 valence electrons. The summed E-state index contributed by atoms with van der Waals surface area (Å²) in [5.74, 6) is 1.21. The number of ether oxygens (including phenoxy) is 1. The first-order valence-corrected chi connectivity index (χ1v) is 6.40. The van der Waals surface area contributed by atoms with Gasteiger partial charge in [-0.15, -0.1) is 0 Å². The molecular weight excluding hydrogens is 184 g/mol. The zero-order valence-corrected chi connectivity index (χ0v) is 9.24. The van der Waals surface area contributed by atoms with E-state index in [4.69, 9.17) is 4.74 Å². The summed E-state index contributed by atoms with van der Waals surface area (Å²) in [6.07, 6.45) is 6.60. The van der Waals surface area contributed by atoms with Gasteiger partial charge in [-0.3, -0.25) is 0 Å². The second-order valence-electron chi connectivity index (χ2n) is 3.87. The highest BCUT2D eigenvalue weighted by Gasteiger charge is 2.30. The van der Waals surface area contributed by atoms with E-state index < -0.39 is 0 Å². The van der Waals surface area contributed by atoms with Crippen molar-refractivity contribution < 1.29 is 9.84 Å². The third-order valence-electron chi connectivity index (χ3n) is 2.94. The fourth-order valence-electron chi connectivity index (χ4n) is 1.88. The molecule has 1 fully saturated rings. The van der Waals surface area contributed by atoms with Gasteiger partial charge in [-0.2, -0.15) is 11.8 Å². The first-order chi connectivity index (χ1) is 6.33. The molecule has 1 N–H and O–H groups in total. The summed E-state index contributed by atoms with van der Waals surface area (Å²) >= 11 is 1.89. The number of hydrogen-bond acceptors (Lipinski definition) is 3. The molecule has 0 unspecified atom stereocenters. The maximum Gasteiger partial charge on any atom is 0.0489 e. The fraction of sp³-hybridized carbons (Fsp3) is 1.00. The van der Waals surface area contributed by atoms with Gasteiger partial charge < -0.3 is 9.84 Å². The Balaban J connectivity index is 2.29. The lowest BCUT2D eigenvalue weighted by Gasteiger charge is -2.35. The van der Waals surface area contributed by atoms with E-state index in [1.165, 1.54) is 12.2 Å². The first kappa shape index (κ1) is 11.3. The summed E-state index contributed by atoms with van der Waals surface area (Å²) in [7, 11) is 0. The van der Waals surface area contributed by atoms with Gasteiger partial charge in [0.15, 0.2) is 0 Å². The second kappa shape index (κ2) is 5.89. The van der Waals surface area contributed by atoms with E-state index in [0.29, 0.717) is 6.61 Å². The van der Waals surface area contributed by atoms with Crippen molar-refractivity contribution in [2.75, 3.05) is 31.8 Å². The van der Waals surface area contributed by atoms with E-state index in [2.05, 4.69) is 6.26 Å². The Kier molecular flexibility index (Phi) is 5.14. The van der Waals surface area contributed by atoms with Crippen LogP contribution in [0.4, 0.5) is 0 Å². The molecule has 0 aromatic rings. The molecule has 0 amide bonds. The van der Waals surface area contributed by atoms with Crippen molar-refractivity contribution in [1.29, 1.82) is 0 Å². The zero-order chi connectivity index (χ0) is 9.57. The Hall–Kier alpha value is 0.270. The molecule has 13 heavy (non-hydrogen) atoms. The number of aliphatic hydroxyl groups is 1. The standard InChI is InChI=1S/C10H20O2S/c1-13-8-2-3-10(9-11)4-6-12-7-5-10/h11H,2-9H2,1H3. The second-order valence-corrected chi connectivity index (χ2v) is 4.85. The van der Waals surface area contributed by atoms with Gasteiger partial charge >= 0.3 is 0 Å². The number of aliphatic hydroxyl groups excluding tert-OH is 1. The highest BCUT2D eigenvalue weighted by molar-refractivity contribution is 7.98. The molecule has 1 aliphatic heterocycles. The van der Waals surface area contributed by atoms with Gasteiger partial charge in [-0.1, -0.05) is 0 Å². The predicted molar refractivity (Wildman–Crippen MR) is 57.2 cm³/mol. The zero-order valence-electron chi connectivity index (χ0n) is 8.42. The maximum absolute atomic E-state index is 9.38. The molecule has 1 rings (SSSR count). The van der Waals surface area contributed by atoms with Gasteiger partial charge in [0.05, 0.1) is 0 Å². The highest BCUT2D eigenvalue weighted by atomic mass is 32.2. The van der Waals surface area contributed by atoms with Gasteiger partial charge in [-0.05, 0) is 43.1 Å². The van der Waals surface area contributed by atoms with Crippen LogP contribution in [0.3, 0.4) is 0 Å². The molecule has 0 aromatic heterocycles. The molecule has 0 saturated carbocycles. The summed E-state index contributed by atoms with van der Waals surface area (Å²) < 4.78 is 5.32.